The molecule has 1 aromatic rings. The number of ether oxygens (including phenoxy) is 1. The average molecular weight is 504 g/mol. The highest BCUT2D eigenvalue weighted by atomic mass is 16.5. The normalized spacial score (nSPS) is 22.4. The minimum absolute atomic E-state index is 0.0215. The Morgan fingerprint density at radius 2 is 2.00 bits per heavy atom. The number of nitrogens with one attached hydrogen (secondary N) is 2. The molecule has 1 saturated heterocycles. The van der Waals surface area contributed by atoms with E-state index in [4.69, 9.17) is 9.72 Å². The average Bonchev–Trinajstić information content (AvgIpc) is 2.84. The van der Waals surface area contributed by atoms with Crippen LogP contribution in [0.2, 0.25) is 0 Å². The molecule has 2 heterocycles. The van der Waals surface area contributed by atoms with Gasteiger partial charge in [-0.3, -0.25) is 4.79 Å². The number of piperidine rings is 1. The topological polar surface area (TPSA) is 99.6 Å². The maximum absolute atomic E-state index is 14.1. The lowest BCUT2D eigenvalue weighted by molar-refractivity contribution is -0.0656. The number of methoxy groups -OCH3 is 1. The number of nitrogens with zero attached hydrogens (tertiary/aromatic N) is 3. The summed E-state index contributed by atoms with van der Waals surface area (Å²) in [5.74, 6) is 1.74. The van der Waals surface area contributed by atoms with Crippen LogP contribution in [-0.2, 0) is 10.2 Å². The standard InChI is InChI=1S/C28H49N5O3/c1-20(2)19-33(22-15-21(16-29-17-22)28(35)11-8-7-9-12-28)25(34)23-18-31-26(27(3,4)5)32-24(23)30-13-10-14-36-6/h18,20-22,29,35H,7-17,19H2,1-6H3,(H,30,31,32). The summed E-state index contributed by atoms with van der Waals surface area (Å²) in [4.78, 5) is 25.5. The van der Waals surface area contributed by atoms with Crippen LogP contribution in [0.1, 0.15) is 95.7 Å². The Hall–Kier alpha value is -1.77. The van der Waals surface area contributed by atoms with Gasteiger partial charge in [-0.05, 0) is 31.6 Å². The van der Waals surface area contributed by atoms with Crippen LogP contribution in [0.5, 0.6) is 0 Å². The summed E-state index contributed by atoms with van der Waals surface area (Å²) in [7, 11) is 1.69. The van der Waals surface area contributed by atoms with Gasteiger partial charge in [0.05, 0.1) is 5.60 Å². The van der Waals surface area contributed by atoms with Crippen LogP contribution in [0, 0.1) is 11.8 Å². The van der Waals surface area contributed by atoms with Gasteiger partial charge in [-0.25, -0.2) is 9.97 Å². The van der Waals surface area contributed by atoms with E-state index in [2.05, 4.69) is 50.2 Å². The zero-order chi connectivity index (χ0) is 26.3. The molecule has 8 heteroatoms. The smallest absolute Gasteiger partial charge is 0.259 e. The van der Waals surface area contributed by atoms with Crippen molar-refractivity contribution in [3.63, 3.8) is 0 Å². The lowest BCUT2D eigenvalue weighted by atomic mass is 9.72. The van der Waals surface area contributed by atoms with Gasteiger partial charge in [-0.15, -0.1) is 0 Å². The molecule has 0 aromatic carbocycles. The van der Waals surface area contributed by atoms with E-state index in [1.807, 2.05) is 4.90 Å². The molecule has 1 aliphatic carbocycles. The van der Waals surface area contributed by atoms with Gasteiger partial charge in [-0.1, -0.05) is 53.9 Å². The minimum atomic E-state index is -0.623. The van der Waals surface area contributed by atoms with Crippen molar-refractivity contribution in [1.82, 2.24) is 20.2 Å². The zero-order valence-electron chi connectivity index (χ0n) is 23.4. The third-order valence-corrected chi connectivity index (χ3v) is 7.58. The number of hydrogen-bond donors (Lipinski definition) is 3. The Labute approximate surface area is 218 Å². The highest BCUT2D eigenvalue weighted by Crippen LogP contribution is 2.38. The lowest BCUT2D eigenvalue weighted by Crippen LogP contribution is -2.57. The number of anilines is 1. The lowest BCUT2D eigenvalue weighted by Gasteiger charge is -2.46. The molecule has 2 atom stereocenters. The molecule has 0 radical (unpaired) electrons. The van der Waals surface area contributed by atoms with Crippen LogP contribution >= 0.6 is 0 Å². The molecule has 1 saturated carbocycles. The summed E-state index contributed by atoms with van der Waals surface area (Å²) >= 11 is 0. The van der Waals surface area contributed by atoms with Gasteiger partial charge in [-0.2, -0.15) is 0 Å². The Bertz CT molecular complexity index is 848. The van der Waals surface area contributed by atoms with E-state index in [1.165, 1.54) is 6.42 Å². The first-order valence-electron chi connectivity index (χ1n) is 13.9. The minimum Gasteiger partial charge on any atom is -0.390 e. The highest BCUT2D eigenvalue weighted by molar-refractivity contribution is 5.98. The molecular formula is C28H49N5O3. The number of carbonyl (C=O) groups is 1. The van der Waals surface area contributed by atoms with Crippen molar-refractivity contribution >= 4 is 11.7 Å². The quantitative estimate of drug-likeness (QED) is 0.415. The van der Waals surface area contributed by atoms with E-state index in [9.17, 15) is 9.90 Å². The van der Waals surface area contributed by atoms with Crippen molar-refractivity contribution < 1.29 is 14.6 Å². The number of aliphatic hydroxyl groups is 1. The second-order valence-electron chi connectivity index (χ2n) is 12.2. The number of amides is 1. The molecule has 2 aliphatic rings. The maximum atomic E-state index is 14.1. The van der Waals surface area contributed by atoms with Crippen LogP contribution in [0.4, 0.5) is 5.82 Å². The first-order chi connectivity index (χ1) is 17.0. The molecule has 1 aliphatic heterocycles. The number of hydrogen-bond acceptors (Lipinski definition) is 7. The Morgan fingerprint density at radius 3 is 2.64 bits per heavy atom. The fraction of sp³-hybridized carbons (Fsp3) is 0.821. The highest BCUT2D eigenvalue weighted by Gasteiger charge is 2.42. The summed E-state index contributed by atoms with van der Waals surface area (Å²) in [5, 5.41) is 18.4. The molecule has 3 rings (SSSR count). The van der Waals surface area contributed by atoms with Crippen LogP contribution in [0.3, 0.4) is 0 Å². The molecule has 3 N–H and O–H groups in total. The van der Waals surface area contributed by atoms with E-state index >= 15 is 0 Å². The molecule has 2 fully saturated rings. The van der Waals surface area contributed by atoms with E-state index in [0.29, 0.717) is 42.8 Å². The van der Waals surface area contributed by atoms with Crippen molar-refractivity contribution in [2.24, 2.45) is 11.8 Å². The summed E-state index contributed by atoms with van der Waals surface area (Å²) in [6.45, 7) is 14.0. The first kappa shape index (κ1) is 28.8. The molecule has 1 amide bonds. The monoisotopic (exact) mass is 503 g/mol. The summed E-state index contributed by atoms with van der Waals surface area (Å²) < 4.78 is 5.19. The van der Waals surface area contributed by atoms with Gasteiger partial charge >= 0.3 is 0 Å². The van der Waals surface area contributed by atoms with E-state index in [1.54, 1.807) is 13.3 Å². The molecule has 204 valence electrons. The Morgan fingerprint density at radius 1 is 1.28 bits per heavy atom. The van der Waals surface area contributed by atoms with Crippen molar-refractivity contribution in [3.05, 3.63) is 17.6 Å². The van der Waals surface area contributed by atoms with Gasteiger partial charge in [0.1, 0.15) is 17.2 Å². The molecule has 0 bridgehead atoms. The van der Waals surface area contributed by atoms with E-state index < -0.39 is 5.60 Å². The summed E-state index contributed by atoms with van der Waals surface area (Å²) in [5.41, 5.74) is -0.334. The predicted molar refractivity (Wildman–Crippen MR) is 144 cm³/mol. The van der Waals surface area contributed by atoms with Gasteiger partial charge < -0.3 is 25.4 Å². The van der Waals surface area contributed by atoms with Gasteiger partial charge in [0.2, 0.25) is 0 Å². The van der Waals surface area contributed by atoms with Crippen LogP contribution in [0.15, 0.2) is 6.20 Å². The van der Waals surface area contributed by atoms with Crippen molar-refractivity contribution in [3.8, 4) is 0 Å². The molecule has 1 aromatic heterocycles. The molecular weight excluding hydrogens is 454 g/mol. The Balaban J connectivity index is 1.87. The van der Waals surface area contributed by atoms with E-state index in [0.717, 1.165) is 51.6 Å². The maximum Gasteiger partial charge on any atom is 0.259 e. The summed E-state index contributed by atoms with van der Waals surface area (Å²) in [6, 6.07) is 0.0215. The second kappa shape index (κ2) is 12.7. The van der Waals surface area contributed by atoms with Crippen molar-refractivity contribution in [2.45, 2.75) is 96.6 Å². The molecule has 36 heavy (non-hydrogen) atoms. The first-order valence-corrected chi connectivity index (χ1v) is 13.9. The fourth-order valence-electron chi connectivity index (χ4n) is 5.54. The Kier molecular flexibility index (Phi) is 10.1. The van der Waals surface area contributed by atoms with Crippen LogP contribution < -0.4 is 10.6 Å². The number of aromatic nitrogens is 2. The third kappa shape index (κ3) is 7.39. The third-order valence-electron chi connectivity index (χ3n) is 7.58. The predicted octanol–water partition coefficient (Wildman–Crippen LogP) is 3.99. The van der Waals surface area contributed by atoms with Crippen LogP contribution in [0.25, 0.3) is 0 Å². The fourth-order valence-corrected chi connectivity index (χ4v) is 5.54. The van der Waals surface area contributed by atoms with Gasteiger partial charge in [0.25, 0.3) is 5.91 Å². The van der Waals surface area contributed by atoms with Crippen molar-refractivity contribution in [1.29, 1.82) is 0 Å². The largest absolute Gasteiger partial charge is 0.390 e. The summed E-state index contributed by atoms with van der Waals surface area (Å²) in [6.07, 6.45) is 8.44. The molecule has 0 spiro atoms. The van der Waals surface area contributed by atoms with Crippen molar-refractivity contribution in [2.75, 3.05) is 45.2 Å². The van der Waals surface area contributed by atoms with E-state index in [-0.39, 0.29) is 23.3 Å². The molecule has 8 nitrogen and oxygen atoms in total. The van der Waals surface area contributed by atoms with Crippen LogP contribution in [-0.4, -0.2) is 77.4 Å². The van der Waals surface area contributed by atoms with Gasteiger partial charge in [0, 0.05) is 63.5 Å². The SMILES string of the molecule is COCCCNc1nc(C(C)(C)C)ncc1C(=O)N(CC(C)C)C1CNCC(C2(O)CCCCC2)C1. The number of carbonyl (C=O) groups excluding carboxylic acids is 1. The second-order valence-corrected chi connectivity index (χ2v) is 12.2. The number of rotatable bonds is 10. The van der Waals surface area contributed by atoms with Gasteiger partial charge in [0.15, 0.2) is 0 Å². The zero-order valence-corrected chi connectivity index (χ0v) is 23.4. The molecule has 2 unspecified atom stereocenters.